The smallest absolute Gasteiger partial charge is 0.226 e. The maximum Gasteiger partial charge on any atom is 0.226 e. The maximum atomic E-state index is 12.4. The number of nitrogens with one attached hydrogen (secondary N) is 1. The molecule has 134 valence electrons. The predicted molar refractivity (Wildman–Crippen MR) is 95.9 cm³/mol. The molecule has 1 saturated carbocycles. The van der Waals surface area contributed by atoms with Gasteiger partial charge in [-0.2, -0.15) is 0 Å². The number of rotatable bonds is 7. The number of carbonyl (C=O) groups is 1. The summed E-state index contributed by atoms with van der Waals surface area (Å²) in [6.45, 7) is 0.101. The molecule has 0 aliphatic heterocycles. The summed E-state index contributed by atoms with van der Waals surface area (Å²) in [5.74, 6) is 0.946. The summed E-state index contributed by atoms with van der Waals surface area (Å²) in [5, 5.41) is 12.4. The van der Waals surface area contributed by atoms with Crippen molar-refractivity contribution in [2.75, 3.05) is 6.61 Å². The Morgan fingerprint density at radius 1 is 1.24 bits per heavy atom. The first-order valence-electron chi connectivity index (χ1n) is 9.16. The fourth-order valence-corrected chi connectivity index (χ4v) is 3.63. The molecule has 1 aromatic heterocycles. The van der Waals surface area contributed by atoms with Gasteiger partial charge in [0, 0.05) is 18.2 Å². The van der Waals surface area contributed by atoms with Crippen molar-refractivity contribution in [2.45, 2.75) is 51.0 Å². The molecule has 25 heavy (non-hydrogen) atoms. The first-order valence-corrected chi connectivity index (χ1v) is 9.16. The monoisotopic (exact) mass is 342 g/mol. The highest BCUT2D eigenvalue weighted by atomic mass is 16.3. The second-order valence-corrected chi connectivity index (χ2v) is 6.77. The molecule has 1 aliphatic carbocycles. The van der Waals surface area contributed by atoms with E-state index in [-0.39, 0.29) is 25.0 Å². The lowest BCUT2D eigenvalue weighted by molar-refractivity contribution is -0.121. The number of nitrogens with zero attached hydrogens (tertiary/aromatic N) is 1. The van der Waals surface area contributed by atoms with Crippen LogP contribution in [0.3, 0.4) is 0 Å². The number of carbonyl (C=O) groups excluding carboxylic acids is 1. The highest BCUT2D eigenvalue weighted by molar-refractivity contribution is 5.78. The van der Waals surface area contributed by atoms with Gasteiger partial charge in [-0.1, -0.05) is 37.5 Å². The van der Waals surface area contributed by atoms with Gasteiger partial charge in [0.2, 0.25) is 11.8 Å². The van der Waals surface area contributed by atoms with Crippen LogP contribution in [0.2, 0.25) is 0 Å². The van der Waals surface area contributed by atoms with Gasteiger partial charge in [0.25, 0.3) is 0 Å². The molecule has 0 spiro atoms. The number of aliphatic hydroxyl groups excluding tert-OH is 1. The van der Waals surface area contributed by atoms with E-state index in [9.17, 15) is 9.90 Å². The fourth-order valence-electron chi connectivity index (χ4n) is 3.63. The van der Waals surface area contributed by atoms with E-state index in [0.717, 1.165) is 18.4 Å². The molecule has 2 N–H and O–H groups in total. The lowest BCUT2D eigenvalue weighted by atomic mass is 9.82. The van der Waals surface area contributed by atoms with Gasteiger partial charge in [-0.3, -0.25) is 4.79 Å². The third-order valence-corrected chi connectivity index (χ3v) is 4.92. The average molecular weight is 342 g/mol. The van der Waals surface area contributed by atoms with Crippen LogP contribution in [0.5, 0.6) is 0 Å². The van der Waals surface area contributed by atoms with Crippen molar-refractivity contribution < 1.29 is 14.3 Å². The van der Waals surface area contributed by atoms with Crippen LogP contribution < -0.4 is 5.32 Å². The Labute approximate surface area is 148 Å². The van der Waals surface area contributed by atoms with Crippen molar-refractivity contribution in [2.24, 2.45) is 5.92 Å². The molecule has 1 aromatic carbocycles. The molecule has 1 fully saturated rings. The molecule has 5 nitrogen and oxygen atoms in total. The van der Waals surface area contributed by atoms with E-state index < -0.39 is 0 Å². The second kappa shape index (κ2) is 8.81. The number of aromatic nitrogens is 1. The zero-order valence-electron chi connectivity index (χ0n) is 14.5. The largest absolute Gasteiger partial charge is 0.444 e. The summed E-state index contributed by atoms with van der Waals surface area (Å²) in [6.07, 6.45) is 8.33. The highest BCUT2D eigenvalue weighted by Crippen LogP contribution is 2.27. The standard InChI is InChI=1S/C20H26N2O3/c23-12-11-18(15-7-3-1-4-8-15)22-19(24)13-17-14-25-20(21-17)16-9-5-2-6-10-16/h2,5-6,9-10,14-15,18,23H,1,3-4,7-8,11-13H2,(H,22,24). The molecule has 2 aromatic rings. The Balaban J connectivity index is 1.58. The van der Waals surface area contributed by atoms with Gasteiger partial charge in [0.15, 0.2) is 0 Å². The summed E-state index contributed by atoms with van der Waals surface area (Å²) in [5.41, 5.74) is 1.53. The van der Waals surface area contributed by atoms with Gasteiger partial charge in [0.05, 0.1) is 12.1 Å². The number of oxazole rings is 1. The highest BCUT2D eigenvalue weighted by Gasteiger charge is 2.25. The molecule has 1 atom stereocenters. The average Bonchev–Trinajstić information content (AvgIpc) is 3.11. The van der Waals surface area contributed by atoms with Gasteiger partial charge in [-0.25, -0.2) is 4.98 Å². The molecule has 0 radical (unpaired) electrons. The van der Waals surface area contributed by atoms with Crippen molar-refractivity contribution in [3.63, 3.8) is 0 Å². The SMILES string of the molecule is O=C(Cc1coc(-c2ccccc2)n1)NC(CCO)C1CCCCC1. The first kappa shape index (κ1) is 17.7. The minimum Gasteiger partial charge on any atom is -0.444 e. The van der Waals surface area contributed by atoms with Crippen LogP contribution in [0, 0.1) is 5.92 Å². The summed E-state index contributed by atoms with van der Waals surface area (Å²) < 4.78 is 5.49. The third kappa shape index (κ3) is 4.92. The van der Waals surface area contributed by atoms with Crippen molar-refractivity contribution in [3.05, 3.63) is 42.3 Å². The molecular formula is C20H26N2O3. The lowest BCUT2D eigenvalue weighted by Gasteiger charge is -2.30. The number of hydrogen-bond acceptors (Lipinski definition) is 4. The van der Waals surface area contributed by atoms with E-state index in [1.165, 1.54) is 19.3 Å². The van der Waals surface area contributed by atoms with E-state index in [4.69, 9.17) is 4.42 Å². The van der Waals surface area contributed by atoms with Gasteiger partial charge >= 0.3 is 0 Å². The molecule has 1 aliphatic rings. The maximum absolute atomic E-state index is 12.4. The van der Waals surface area contributed by atoms with E-state index >= 15 is 0 Å². The van der Waals surface area contributed by atoms with Crippen molar-refractivity contribution in [1.82, 2.24) is 10.3 Å². The van der Waals surface area contributed by atoms with E-state index in [0.29, 0.717) is 23.9 Å². The van der Waals surface area contributed by atoms with Crippen LogP contribution in [0.15, 0.2) is 41.0 Å². The molecular weight excluding hydrogens is 316 g/mol. The second-order valence-electron chi connectivity index (χ2n) is 6.77. The van der Waals surface area contributed by atoms with Gasteiger partial charge in [-0.15, -0.1) is 0 Å². The van der Waals surface area contributed by atoms with E-state index in [1.54, 1.807) is 6.26 Å². The predicted octanol–water partition coefficient (Wildman–Crippen LogP) is 3.33. The Bertz CT molecular complexity index is 663. The van der Waals surface area contributed by atoms with E-state index in [2.05, 4.69) is 10.3 Å². The van der Waals surface area contributed by atoms with Crippen LogP contribution >= 0.6 is 0 Å². The van der Waals surface area contributed by atoms with Crippen LogP contribution in [0.1, 0.15) is 44.2 Å². The molecule has 1 heterocycles. The van der Waals surface area contributed by atoms with Gasteiger partial charge in [-0.05, 0) is 37.3 Å². The Kier molecular flexibility index (Phi) is 6.23. The Hall–Kier alpha value is -2.14. The van der Waals surface area contributed by atoms with Crippen LogP contribution in [-0.4, -0.2) is 28.6 Å². The lowest BCUT2D eigenvalue weighted by Crippen LogP contribution is -2.42. The van der Waals surface area contributed by atoms with Crippen LogP contribution in [-0.2, 0) is 11.2 Å². The number of amides is 1. The fraction of sp³-hybridized carbons (Fsp3) is 0.500. The molecule has 1 amide bonds. The third-order valence-electron chi connectivity index (χ3n) is 4.92. The summed E-state index contributed by atoms with van der Waals surface area (Å²) in [4.78, 5) is 16.8. The van der Waals surface area contributed by atoms with E-state index in [1.807, 2.05) is 30.3 Å². The van der Waals surface area contributed by atoms with Crippen molar-refractivity contribution >= 4 is 5.91 Å². The van der Waals surface area contributed by atoms with Crippen molar-refractivity contribution in [1.29, 1.82) is 0 Å². The minimum absolute atomic E-state index is 0.0540. The normalized spacial score (nSPS) is 16.5. The molecule has 1 unspecified atom stereocenters. The summed E-state index contributed by atoms with van der Waals surface area (Å²) in [7, 11) is 0. The van der Waals surface area contributed by atoms with Gasteiger partial charge < -0.3 is 14.8 Å². The Morgan fingerprint density at radius 2 is 2.00 bits per heavy atom. The first-order chi connectivity index (χ1) is 12.3. The van der Waals surface area contributed by atoms with Gasteiger partial charge in [0.1, 0.15) is 6.26 Å². The van der Waals surface area contributed by atoms with Crippen LogP contribution in [0.25, 0.3) is 11.5 Å². The van der Waals surface area contributed by atoms with Crippen LogP contribution in [0.4, 0.5) is 0 Å². The number of aliphatic hydroxyl groups is 1. The zero-order valence-corrected chi connectivity index (χ0v) is 14.5. The molecule has 5 heteroatoms. The summed E-state index contributed by atoms with van der Waals surface area (Å²) in [6, 6.07) is 9.70. The number of hydrogen-bond donors (Lipinski definition) is 2. The minimum atomic E-state index is -0.0584. The number of benzene rings is 1. The quantitative estimate of drug-likeness (QED) is 0.809. The molecule has 0 bridgehead atoms. The topological polar surface area (TPSA) is 75.4 Å². The van der Waals surface area contributed by atoms with Crippen molar-refractivity contribution in [3.8, 4) is 11.5 Å². The molecule has 0 saturated heterocycles. The zero-order chi connectivity index (χ0) is 17.5. The Morgan fingerprint density at radius 3 is 2.72 bits per heavy atom. The summed E-state index contributed by atoms with van der Waals surface area (Å²) >= 11 is 0. The molecule has 3 rings (SSSR count).